The van der Waals surface area contributed by atoms with Crippen LogP contribution in [-0.4, -0.2) is 45.4 Å². The summed E-state index contributed by atoms with van der Waals surface area (Å²) in [6.45, 7) is 8.07. The van der Waals surface area contributed by atoms with Crippen LogP contribution in [-0.2, 0) is 14.3 Å². The minimum absolute atomic E-state index is 0.0689. The Kier molecular flexibility index (Phi) is 10.8. The highest BCUT2D eigenvalue weighted by atomic mass is 32.1. The predicted octanol–water partition coefficient (Wildman–Crippen LogP) is 4.36. The number of hydrogen-bond donors (Lipinski definition) is 1. The molecule has 7 heteroatoms. The molecule has 148 valence electrons. The molecule has 1 unspecified atom stereocenters. The molecule has 1 saturated heterocycles. The van der Waals surface area contributed by atoms with Crippen molar-refractivity contribution in [2.24, 2.45) is 0 Å². The third-order valence-electron chi connectivity index (χ3n) is 4.18. The fraction of sp³-hybridized carbons (Fsp3) is 0.550. The largest absolute Gasteiger partial charge is 0.382 e. The predicted molar refractivity (Wildman–Crippen MR) is 115 cm³/mol. The number of pyridine rings is 1. The lowest BCUT2D eigenvalue weighted by Crippen LogP contribution is -2.32. The fourth-order valence-corrected chi connectivity index (χ4v) is 3.43. The first-order valence-corrected chi connectivity index (χ1v) is 9.71. The molecule has 0 amide bonds. The van der Waals surface area contributed by atoms with Gasteiger partial charge in [0.05, 0.1) is 14.5 Å². The summed E-state index contributed by atoms with van der Waals surface area (Å²) in [5.74, 6) is 0. The molecule has 2 radical (unpaired) electrons. The van der Waals surface area contributed by atoms with E-state index < -0.39 is 0 Å². The summed E-state index contributed by atoms with van der Waals surface area (Å²) >= 11 is 5.68. The Morgan fingerprint density at radius 1 is 1.30 bits per heavy atom. The highest BCUT2D eigenvalue weighted by Gasteiger charge is 2.37. The molecular formula is C20H31BN2O3S. The third kappa shape index (κ3) is 5.86. The van der Waals surface area contributed by atoms with Gasteiger partial charge in [-0.15, -0.1) is 0 Å². The summed E-state index contributed by atoms with van der Waals surface area (Å²) < 4.78 is 14.1. The van der Waals surface area contributed by atoms with Crippen LogP contribution in [0.2, 0.25) is 6.82 Å². The van der Waals surface area contributed by atoms with E-state index in [0.717, 1.165) is 21.8 Å². The molecule has 2 heterocycles. The number of methoxy groups -OCH3 is 1. The van der Waals surface area contributed by atoms with Gasteiger partial charge in [-0.05, 0) is 18.4 Å². The van der Waals surface area contributed by atoms with Crippen molar-refractivity contribution >= 4 is 30.8 Å². The third-order valence-corrected chi connectivity index (χ3v) is 4.61. The van der Waals surface area contributed by atoms with E-state index in [9.17, 15) is 0 Å². The van der Waals surface area contributed by atoms with E-state index in [4.69, 9.17) is 26.5 Å². The summed E-state index contributed by atoms with van der Waals surface area (Å²) in [5, 5.41) is 2.22. The molecule has 0 bridgehead atoms. The van der Waals surface area contributed by atoms with Crippen molar-refractivity contribution in [2.45, 2.75) is 52.5 Å². The summed E-state index contributed by atoms with van der Waals surface area (Å²) in [6.07, 6.45) is 2.39. The van der Waals surface area contributed by atoms with Crippen molar-refractivity contribution in [3.63, 3.8) is 0 Å². The van der Waals surface area contributed by atoms with Crippen LogP contribution in [0.4, 0.5) is 0 Å². The number of nitrogens with one attached hydrogen (secondary N) is 1. The first-order valence-electron chi connectivity index (χ1n) is 9.30. The topological polar surface area (TPSA) is 44.7 Å². The number of rotatable bonds is 5. The molecule has 27 heavy (non-hydrogen) atoms. The first-order chi connectivity index (χ1) is 13.1. The zero-order valence-electron chi connectivity index (χ0n) is 17.2. The highest BCUT2D eigenvalue weighted by molar-refractivity contribution is 7.71. The van der Waals surface area contributed by atoms with E-state index in [1.54, 1.807) is 14.2 Å². The quantitative estimate of drug-likeness (QED) is 0.467. The van der Waals surface area contributed by atoms with Gasteiger partial charge in [0.2, 0.25) is 0 Å². The lowest BCUT2D eigenvalue weighted by atomic mass is 10.1. The van der Waals surface area contributed by atoms with E-state index in [2.05, 4.69) is 44.5 Å². The Hall–Kier alpha value is -1.25. The maximum atomic E-state index is 6.11. The van der Waals surface area contributed by atoms with E-state index in [1.165, 1.54) is 12.4 Å². The van der Waals surface area contributed by atoms with Gasteiger partial charge in [0, 0.05) is 32.2 Å². The van der Waals surface area contributed by atoms with Crippen molar-refractivity contribution in [3.05, 3.63) is 40.7 Å². The first kappa shape index (κ1) is 23.8. The second-order valence-electron chi connectivity index (χ2n) is 5.80. The number of benzene rings is 1. The molecule has 1 aliphatic rings. The van der Waals surface area contributed by atoms with Crippen LogP contribution < -0.4 is 5.48 Å². The second kappa shape index (κ2) is 12.3. The molecule has 1 aliphatic heterocycles. The molecule has 5 nitrogen and oxygen atoms in total. The number of hydrogen-bond acceptors (Lipinski definition) is 5. The summed E-state index contributed by atoms with van der Waals surface area (Å²) in [5.41, 5.74) is 3.98. The Balaban J connectivity index is 0.000000855. The van der Waals surface area contributed by atoms with Gasteiger partial charge >= 0.3 is 0 Å². The minimum Gasteiger partial charge on any atom is -0.382 e. The molecule has 1 aromatic carbocycles. The number of aromatic nitrogens is 1. The molecule has 0 spiro atoms. The van der Waals surface area contributed by atoms with Crippen molar-refractivity contribution in [1.82, 2.24) is 10.0 Å². The van der Waals surface area contributed by atoms with Gasteiger partial charge in [-0.1, -0.05) is 56.7 Å². The molecule has 1 N–H and O–H groups in total. The maximum Gasteiger partial charge on any atom is 0.137 e. The molecule has 2 aromatic rings. The average molecular weight is 390 g/mol. The van der Waals surface area contributed by atoms with Crippen molar-refractivity contribution < 1.29 is 14.3 Å². The lowest BCUT2D eigenvalue weighted by molar-refractivity contribution is -0.0888. The normalized spacial score (nSPS) is 21.2. The van der Waals surface area contributed by atoms with Crippen LogP contribution in [0.25, 0.3) is 10.8 Å². The SMILES string of the molecule is CC.CNO[C@@H]1C[C@H](n2ccc3cc(C)ccc3c2=S)OC1COC.[B]C. The van der Waals surface area contributed by atoms with Gasteiger partial charge in [-0.2, -0.15) is 0 Å². The van der Waals surface area contributed by atoms with E-state index >= 15 is 0 Å². The maximum absolute atomic E-state index is 6.11. The van der Waals surface area contributed by atoms with E-state index in [-0.39, 0.29) is 18.4 Å². The smallest absolute Gasteiger partial charge is 0.137 e. The van der Waals surface area contributed by atoms with Gasteiger partial charge in [0.1, 0.15) is 23.1 Å². The number of nitrogens with zero attached hydrogens (tertiary/aromatic N) is 1. The molecule has 0 aliphatic carbocycles. The summed E-state index contributed by atoms with van der Waals surface area (Å²) in [4.78, 5) is 5.56. The highest BCUT2D eigenvalue weighted by Crippen LogP contribution is 2.32. The molecule has 3 rings (SSSR count). The zero-order valence-corrected chi connectivity index (χ0v) is 18.0. The average Bonchev–Trinajstić information content (AvgIpc) is 3.08. The molecule has 1 aromatic heterocycles. The van der Waals surface area contributed by atoms with Crippen molar-refractivity contribution in [2.75, 3.05) is 20.8 Å². The van der Waals surface area contributed by atoms with Crippen molar-refractivity contribution in [3.8, 4) is 0 Å². The number of ether oxygens (including phenoxy) is 2. The van der Waals surface area contributed by atoms with Crippen LogP contribution in [0.15, 0.2) is 30.5 Å². The number of fused-ring (bicyclic) bond motifs is 1. The Morgan fingerprint density at radius 2 is 2.00 bits per heavy atom. The summed E-state index contributed by atoms with van der Waals surface area (Å²) in [7, 11) is 7.92. The van der Waals surface area contributed by atoms with Gasteiger partial charge in [-0.25, -0.2) is 5.48 Å². The number of hydroxylamine groups is 1. The van der Waals surface area contributed by atoms with Crippen LogP contribution in [0.1, 0.15) is 32.1 Å². The van der Waals surface area contributed by atoms with Crippen LogP contribution in [0.3, 0.4) is 0 Å². The van der Waals surface area contributed by atoms with Gasteiger partial charge in [0.15, 0.2) is 0 Å². The molecular weight excluding hydrogens is 359 g/mol. The van der Waals surface area contributed by atoms with Gasteiger partial charge < -0.3 is 14.0 Å². The van der Waals surface area contributed by atoms with Crippen LogP contribution >= 0.6 is 12.2 Å². The van der Waals surface area contributed by atoms with E-state index in [0.29, 0.717) is 6.61 Å². The van der Waals surface area contributed by atoms with E-state index in [1.807, 2.05) is 24.6 Å². The van der Waals surface area contributed by atoms with Crippen LogP contribution in [0, 0.1) is 11.6 Å². The monoisotopic (exact) mass is 390 g/mol. The molecule has 0 saturated carbocycles. The lowest BCUT2D eigenvalue weighted by Gasteiger charge is -2.18. The molecule has 3 atom stereocenters. The summed E-state index contributed by atoms with van der Waals surface area (Å²) in [6, 6.07) is 8.38. The van der Waals surface area contributed by atoms with Crippen molar-refractivity contribution in [1.29, 1.82) is 0 Å². The minimum atomic E-state index is -0.147. The van der Waals surface area contributed by atoms with Gasteiger partial charge in [0.25, 0.3) is 0 Å². The Bertz CT molecular complexity index is 740. The fourth-order valence-electron chi connectivity index (χ4n) is 3.07. The zero-order chi connectivity index (χ0) is 20.4. The Labute approximate surface area is 169 Å². The molecule has 1 fully saturated rings. The standard InChI is InChI=1S/C17H22N2O3S.C2H6.CH3B/c1-11-4-5-13-12(8-11)6-7-19(17(13)23)16-9-14(22-18-2)15(21-16)10-20-3;2*1-2/h4-8,14-16,18H,9-10H2,1-3H3;1-2H3;1H3/t14-,15?,16-;;/m1../s1. The van der Waals surface area contributed by atoms with Gasteiger partial charge in [-0.3, -0.25) is 4.84 Å². The second-order valence-corrected chi connectivity index (χ2v) is 6.19. The van der Waals surface area contributed by atoms with Crippen LogP contribution in [0.5, 0.6) is 0 Å². The number of aryl methyl sites for hydroxylation is 1. The Morgan fingerprint density at radius 3 is 2.63 bits per heavy atom.